The molecular formula is C11H14FNO3. The number of carbonyl (C=O) groups excluding carboxylic acids is 1. The molecule has 0 fully saturated rings. The Hall–Kier alpha value is -1.78. The molecule has 16 heavy (non-hydrogen) atoms. The fourth-order valence-electron chi connectivity index (χ4n) is 1.15. The number of alkyl halides is 1. The first kappa shape index (κ1) is 12.3. The van der Waals surface area contributed by atoms with Crippen LogP contribution in [0.15, 0.2) is 18.2 Å². The third-order valence-electron chi connectivity index (χ3n) is 1.86. The molecular weight excluding hydrogens is 213 g/mol. The summed E-state index contributed by atoms with van der Waals surface area (Å²) in [5.41, 5.74) is 6.31. The molecule has 0 saturated carbocycles. The quantitative estimate of drug-likeness (QED) is 0.615. The van der Waals surface area contributed by atoms with Crippen molar-refractivity contribution in [2.75, 3.05) is 25.6 Å². The van der Waals surface area contributed by atoms with E-state index in [0.29, 0.717) is 23.6 Å². The lowest BCUT2D eigenvalue weighted by Gasteiger charge is -2.08. The molecule has 1 aromatic carbocycles. The van der Waals surface area contributed by atoms with Gasteiger partial charge in [-0.25, -0.2) is 9.18 Å². The number of hydrogen-bond donors (Lipinski definition) is 1. The SMILES string of the molecule is CCOC(=O)c1ccc(N)c(OCCF)c1. The maximum Gasteiger partial charge on any atom is 0.338 e. The summed E-state index contributed by atoms with van der Waals surface area (Å²) in [7, 11) is 0. The molecule has 0 amide bonds. The minimum Gasteiger partial charge on any atom is -0.489 e. The van der Waals surface area contributed by atoms with Crippen LogP contribution in [0, 0.1) is 0 Å². The van der Waals surface area contributed by atoms with Gasteiger partial charge in [-0.1, -0.05) is 0 Å². The van der Waals surface area contributed by atoms with Crippen LogP contribution in [0.5, 0.6) is 5.75 Å². The molecule has 0 saturated heterocycles. The first-order chi connectivity index (χ1) is 7.69. The van der Waals surface area contributed by atoms with Crippen LogP contribution in [0.2, 0.25) is 0 Å². The van der Waals surface area contributed by atoms with Crippen LogP contribution in [0.3, 0.4) is 0 Å². The Morgan fingerprint density at radius 1 is 1.50 bits per heavy atom. The summed E-state index contributed by atoms with van der Waals surface area (Å²) in [6, 6.07) is 4.51. The fraction of sp³-hybridized carbons (Fsp3) is 0.364. The number of hydrogen-bond acceptors (Lipinski definition) is 4. The number of ether oxygens (including phenoxy) is 2. The molecule has 2 N–H and O–H groups in total. The minimum atomic E-state index is -0.608. The summed E-state index contributed by atoms with van der Waals surface area (Å²) in [5.74, 6) is -0.157. The molecule has 1 rings (SSSR count). The molecule has 88 valence electrons. The number of nitrogen functional groups attached to an aromatic ring is 1. The number of carbonyl (C=O) groups is 1. The van der Waals surface area contributed by atoms with Gasteiger partial charge in [0.05, 0.1) is 17.9 Å². The molecule has 0 spiro atoms. The van der Waals surface area contributed by atoms with E-state index in [2.05, 4.69) is 0 Å². The van der Waals surface area contributed by atoms with Gasteiger partial charge in [0.15, 0.2) is 0 Å². The third kappa shape index (κ3) is 3.12. The van der Waals surface area contributed by atoms with Crippen molar-refractivity contribution in [2.45, 2.75) is 6.92 Å². The summed E-state index contributed by atoms with van der Waals surface area (Å²) in [6.07, 6.45) is 0. The van der Waals surface area contributed by atoms with E-state index in [9.17, 15) is 9.18 Å². The summed E-state index contributed by atoms with van der Waals surface area (Å²) >= 11 is 0. The van der Waals surface area contributed by atoms with Crippen LogP contribution in [0.25, 0.3) is 0 Å². The number of benzene rings is 1. The molecule has 0 radical (unpaired) electrons. The zero-order valence-corrected chi connectivity index (χ0v) is 9.03. The van der Waals surface area contributed by atoms with Crippen molar-refractivity contribution >= 4 is 11.7 Å². The highest BCUT2D eigenvalue weighted by Crippen LogP contribution is 2.23. The van der Waals surface area contributed by atoms with Crippen LogP contribution in [0.1, 0.15) is 17.3 Å². The molecule has 0 aliphatic carbocycles. The van der Waals surface area contributed by atoms with Crippen molar-refractivity contribution in [3.8, 4) is 5.75 Å². The first-order valence-corrected chi connectivity index (χ1v) is 4.94. The Balaban J connectivity index is 2.84. The van der Waals surface area contributed by atoms with E-state index in [1.807, 2.05) is 0 Å². The molecule has 0 atom stereocenters. The van der Waals surface area contributed by atoms with Crippen LogP contribution in [0.4, 0.5) is 10.1 Å². The number of halogens is 1. The van der Waals surface area contributed by atoms with E-state index < -0.39 is 12.6 Å². The van der Waals surface area contributed by atoms with Crippen LogP contribution >= 0.6 is 0 Å². The van der Waals surface area contributed by atoms with Crippen LogP contribution in [-0.2, 0) is 4.74 Å². The lowest BCUT2D eigenvalue weighted by atomic mass is 10.2. The lowest BCUT2D eigenvalue weighted by Crippen LogP contribution is -2.07. The van der Waals surface area contributed by atoms with Crippen molar-refractivity contribution in [1.82, 2.24) is 0 Å². The Kier molecular flexibility index (Phi) is 4.57. The lowest BCUT2D eigenvalue weighted by molar-refractivity contribution is 0.0526. The van der Waals surface area contributed by atoms with Crippen molar-refractivity contribution in [3.63, 3.8) is 0 Å². The predicted molar refractivity (Wildman–Crippen MR) is 58.3 cm³/mol. The number of anilines is 1. The molecule has 0 heterocycles. The van der Waals surface area contributed by atoms with Crippen molar-refractivity contribution in [2.24, 2.45) is 0 Å². The van der Waals surface area contributed by atoms with Gasteiger partial charge >= 0.3 is 5.97 Å². The number of esters is 1. The zero-order valence-electron chi connectivity index (χ0n) is 9.03. The average Bonchev–Trinajstić information content (AvgIpc) is 2.28. The molecule has 5 heteroatoms. The summed E-state index contributed by atoms with van der Waals surface area (Å²) in [6.45, 7) is 1.32. The van der Waals surface area contributed by atoms with E-state index in [0.717, 1.165) is 0 Å². The Morgan fingerprint density at radius 2 is 2.25 bits per heavy atom. The maximum absolute atomic E-state index is 11.9. The normalized spacial score (nSPS) is 9.88. The van der Waals surface area contributed by atoms with Gasteiger partial charge in [0.1, 0.15) is 19.0 Å². The zero-order chi connectivity index (χ0) is 12.0. The van der Waals surface area contributed by atoms with Gasteiger partial charge in [0.25, 0.3) is 0 Å². The van der Waals surface area contributed by atoms with E-state index in [1.165, 1.54) is 18.2 Å². The molecule has 0 bridgehead atoms. The highest BCUT2D eigenvalue weighted by Gasteiger charge is 2.09. The molecule has 0 aliphatic heterocycles. The van der Waals surface area contributed by atoms with E-state index in [4.69, 9.17) is 15.2 Å². The van der Waals surface area contributed by atoms with Crippen LogP contribution < -0.4 is 10.5 Å². The molecule has 4 nitrogen and oxygen atoms in total. The summed E-state index contributed by atoms with van der Waals surface area (Å²) < 4.78 is 21.8. The van der Waals surface area contributed by atoms with E-state index in [1.54, 1.807) is 6.92 Å². The summed E-state index contributed by atoms with van der Waals surface area (Å²) in [4.78, 5) is 11.4. The van der Waals surface area contributed by atoms with Gasteiger partial charge in [-0.2, -0.15) is 0 Å². The Bertz CT molecular complexity index is 368. The highest BCUT2D eigenvalue weighted by molar-refractivity contribution is 5.90. The highest BCUT2D eigenvalue weighted by atomic mass is 19.1. The fourth-order valence-corrected chi connectivity index (χ4v) is 1.15. The van der Waals surface area contributed by atoms with Gasteiger partial charge < -0.3 is 15.2 Å². The number of nitrogens with two attached hydrogens (primary N) is 1. The number of rotatable bonds is 5. The second-order valence-corrected chi connectivity index (χ2v) is 3.01. The average molecular weight is 227 g/mol. The van der Waals surface area contributed by atoms with Gasteiger partial charge in [-0.05, 0) is 25.1 Å². The van der Waals surface area contributed by atoms with E-state index in [-0.39, 0.29) is 6.61 Å². The van der Waals surface area contributed by atoms with Gasteiger partial charge in [0, 0.05) is 0 Å². The largest absolute Gasteiger partial charge is 0.489 e. The molecule has 0 aliphatic rings. The molecule has 1 aromatic rings. The van der Waals surface area contributed by atoms with Crippen LogP contribution in [-0.4, -0.2) is 25.9 Å². The third-order valence-corrected chi connectivity index (χ3v) is 1.86. The standard InChI is InChI=1S/C11H14FNO3/c1-2-15-11(14)8-3-4-9(13)10(7-8)16-6-5-12/h3-4,7H,2,5-6,13H2,1H3. The Labute approximate surface area is 93.2 Å². The Morgan fingerprint density at radius 3 is 2.88 bits per heavy atom. The summed E-state index contributed by atoms with van der Waals surface area (Å²) in [5, 5.41) is 0. The first-order valence-electron chi connectivity index (χ1n) is 4.94. The van der Waals surface area contributed by atoms with Crippen molar-refractivity contribution < 1.29 is 18.7 Å². The second-order valence-electron chi connectivity index (χ2n) is 3.01. The molecule has 0 aromatic heterocycles. The van der Waals surface area contributed by atoms with Crippen molar-refractivity contribution in [1.29, 1.82) is 0 Å². The monoisotopic (exact) mass is 227 g/mol. The van der Waals surface area contributed by atoms with Gasteiger partial charge in [-0.3, -0.25) is 0 Å². The minimum absolute atomic E-state index is 0.0868. The van der Waals surface area contributed by atoms with E-state index >= 15 is 0 Å². The smallest absolute Gasteiger partial charge is 0.338 e. The molecule has 0 unspecified atom stereocenters. The van der Waals surface area contributed by atoms with Gasteiger partial charge in [0.2, 0.25) is 0 Å². The topological polar surface area (TPSA) is 61.5 Å². The van der Waals surface area contributed by atoms with Crippen molar-refractivity contribution in [3.05, 3.63) is 23.8 Å². The predicted octanol–water partition coefficient (Wildman–Crippen LogP) is 1.79. The maximum atomic E-state index is 11.9. The van der Waals surface area contributed by atoms with Gasteiger partial charge in [-0.15, -0.1) is 0 Å². The second kappa shape index (κ2) is 5.95.